The molecule has 35 heavy (non-hydrogen) atoms. The highest BCUT2D eigenvalue weighted by Gasteiger charge is 2.19. The predicted molar refractivity (Wildman–Crippen MR) is 132 cm³/mol. The molecule has 4 heterocycles. The summed E-state index contributed by atoms with van der Waals surface area (Å²) in [7, 11) is 1.77. The monoisotopic (exact) mass is 489 g/mol. The number of aromatic nitrogens is 9. The summed E-state index contributed by atoms with van der Waals surface area (Å²) >= 11 is 6.36. The van der Waals surface area contributed by atoms with Crippen LogP contribution in [0, 0.1) is 0 Å². The van der Waals surface area contributed by atoms with E-state index in [4.69, 9.17) is 11.6 Å². The topological polar surface area (TPSA) is 112 Å². The lowest BCUT2D eigenvalue weighted by Crippen LogP contribution is -2.26. The van der Waals surface area contributed by atoms with Crippen molar-refractivity contribution >= 4 is 11.6 Å². The van der Waals surface area contributed by atoms with Crippen molar-refractivity contribution in [1.82, 2.24) is 44.5 Å². The van der Waals surface area contributed by atoms with Gasteiger partial charge in [-0.3, -0.25) is 18.8 Å². The standard InChI is InChI=1S/C24H24ClN9O/c1-3-4-5-19-15-34(23-21(25)13-27-32(23)2)24(35)33(19)14-18-12-26-11-10-20(18)16-6-8-17(9-7-16)22-28-30-31-29-22/h6-13,15H,3-5,14H2,1-2H3,(H,28,29,30,31). The van der Waals surface area contributed by atoms with E-state index >= 15 is 0 Å². The molecule has 0 bridgehead atoms. The van der Waals surface area contributed by atoms with Gasteiger partial charge in [0.1, 0.15) is 5.02 Å². The molecular formula is C24H24ClN9O. The number of nitrogens with one attached hydrogen (secondary N) is 1. The molecule has 11 heteroatoms. The van der Waals surface area contributed by atoms with Gasteiger partial charge in [0.05, 0.1) is 12.7 Å². The van der Waals surface area contributed by atoms with E-state index < -0.39 is 0 Å². The van der Waals surface area contributed by atoms with Crippen LogP contribution < -0.4 is 5.69 Å². The largest absolute Gasteiger partial charge is 0.334 e. The van der Waals surface area contributed by atoms with Crippen molar-refractivity contribution in [1.29, 1.82) is 0 Å². The van der Waals surface area contributed by atoms with Gasteiger partial charge in [0.25, 0.3) is 0 Å². The minimum Gasteiger partial charge on any atom is -0.291 e. The molecule has 0 aliphatic carbocycles. The van der Waals surface area contributed by atoms with E-state index in [1.54, 1.807) is 33.3 Å². The van der Waals surface area contributed by atoms with Crippen LogP contribution in [0.25, 0.3) is 28.3 Å². The number of benzene rings is 1. The van der Waals surface area contributed by atoms with E-state index in [9.17, 15) is 4.79 Å². The zero-order valence-electron chi connectivity index (χ0n) is 19.4. The van der Waals surface area contributed by atoms with Gasteiger partial charge in [-0.1, -0.05) is 49.2 Å². The summed E-state index contributed by atoms with van der Waals surface area (Å²) in [5.41, 5.74) is 4.58. The van der Waals surface area contributed by atoms with E-state index in [1.165, 1.54) is 0 Å². The Morgan fingerprint density at radius 3 is 2.57 bits per heavy atom. The first-order chi connectivity index (χ1) is 17.1. The molecule has 4 aromatic heterocycles. The lowest BCUT2D eigenvalue weighted by Gasteiger charge is -2.12. The summed E-state index contributed by atoms with van der Waals surface area (Å²) in [6.07, 6.45) is 9.76. The molecule has 1 N–H and O–H groups in total. The second kappa shape index (κ2) is 9.67. The van der Waals surface area contributed by atoms with E-state index in [-0.39, 0.29) is 5.69 Å². The molecule has 0 radical (unpaired) electrons. The predicted octanol–water partition coefficient (Wildman–Crippen LogP) is 3.66. The number of H-pyrrole nitrogens is 1. The van der Waals surface area contributed by atoms with Crippen molar-refractivity contribution in [2.24, 2.45) is 7.05 Å². The Hall–Kier alpha value is -4.05. The Kier molecular flexibility index (Phi) is 6.28. The number of halogens is 1. The first kappa shape index (κ1) is 22.7. The Balaban J connectivity index is 1.54. The highest BCUT2D eigenvalue weighted by Crippen LogP contribution is 2.27. The molecule has 0 spiro atoms. The summed E-state index contributed by atoms with van der Waals surface area (Å²) in [5, 5.41) is 18.8. The van der Waals surface area contributed by atoms with Crippen molar-refractivity contribution in [2.45, 2.75) is 32.7 Å². The van der Waals surface area contributed by atoms with Crippen molar-refractivity contribution in [3.8, 4) is 28.3 Å². The van der Waals surface area contributed by atoms with Gasteiger partial charge in [0.15, 0.2) is 5.82 Å². The van der Waals surface area contributed by atoms with Crippen LogP contribution in [0.5, 0.6) is 0 Å². The van der Waals surface area contributed by atoms with Crippen molar-refractivity contribution < 1.29 is 0 Å². The third kappa shape index (κ3) is 4.40. The van der Waals surface area contributed by atoms with Crippen LogP contribution in [-0.4, -0.2) is 44.5 Å². The Bertz CT molecular complexity index is 1480. The number of pyridine rings is 1. The summed E-state index contributed by atoms with van der Waals surface area (Å²) < 4.78 is 4.99. The molecule has 0 aliphatic heterocycles. The highest BCUT2D eigenvalue weighted by atomic mass is 35.5. The number of hydrogen-bond acceptors (Lipinski definition) is 6. The number of aryl methyl sites for hydroxylation is 2. The number of unbranched alkanes of at least 4 members (excludes halogenated alkanes) is 1. The molecule has 5 aromatic rings. The molecule has 5 rings (SSSR count). The SMILES string of the molecule is CCCCc1cn(-c2c(Cl)cnn2C)c(=O)n1Cc1cnccc1-c1ccc(-c2nn[nH]n2)cc1. The fourth-order valence-electron chi connectivity index (χ4n) is 4.17. The van der Waals surface area contributed by atoms with Gasteiger partial charge >= 0.3 is 5.69 Å². The Morgan fingerprint density at radius 1 is 1.09 bits per heavy atom. The van der Waals surface area contributed by atoms with E-state index in [1.807, 2.05) is 42.7 Å². The van der Waals surface area contributed by atoms with Crippen LogP contribution in [-0.2, 0) is 20.0 Å². The molecular weight excluding hydrogens is 466 g/mol. The first-order valence-electron chi connectivity index (χ1n) is 11.3. The minimum atomic E-state index is -0.163. The average Bonchev–Trinajstić information content (AvgIpc) is 3.60. The van der Waals surface area contributed by atoms with E-state index in [2.05, 4.69) is 37.6 Å². The second-order valence-corrected chi connectivity index (χ2v) is 8.66. The van der Waals surface area contributed by atoms with E-state index in [0.29, 0.717) is 23.2 Å². The molecule has 0 amide bonds. The van der Waals surface area contributed by atoms with Crippen LogP contribution in [0.2, 0.25) is 5.02 Å². The van der Waals surface area contributed by atoms with Gasteiger partial charge in [-0.2, -0.15) is 10.3 Å². The Morgan fingerprint density at radius 2 is 1.89 bits per heavy atom. The van der Waals surface area contributed by atoms with Crippen LogP contribution in [0.4, 0.5) is 0 Å². The van der Waals surface area contributed by atoms with Crippen LogP contribution in [0.1, 0.15) is 31.0 Å². The smallest absolute Gasteiger partial charge is 0.291 e. The Labute approximate surface area is 206 Å². The molecule has 0 atom stereocenters. The van der Waals surface area contributed by atoms with Gasteiger partial charge in [0.2, 0.25) is 5.82 Å². The van der Waals surface area contributed by atoms with Gasteiger partial charge in [-0.05, 0) is 40.8 Å². The summed E-state index contributed by atoms with van der Waals surface area (Å²) in [4.78, 5) is 17.9. The molecule has 0 saturated carbocycles. The lowest BCUT2D eigenvalue weighted by atomic mass is 10.00. The molecule has 0 aliphatic rings. The number of rotatable bonds is 8. The zero-order valence-corrected chi connectivity index (χ0v) is 20.1. The van der Waals surface area contributed by atoms with Crippen molar-refractivity contribution in [3.63, 3.8) is 0 Å². The minimum absolute atomic E-state index is 0.163. The summed E-state index contributed by atoms with van der Waals surface area (Å²) in [6.45, 7) is 2.52. The number of imidazole rings is 1. The fourth-order valence-corrected chi connectivity index (χ4v) is 4.43. The fraction of sp³-hybridized carbons (Fsp3) is 0.250. The molecule has 0 fully saturated rings. The maximum absolute atomic E-state index is 13.6. The normalized spacial score (nSPS) is 11.3. The summed E-state index contributed by atoms with van der Waals surface area (Å²) in [5.74, 6) is 1.09. The molecule has 178 valence electrons. The number of aromatic amines is 1. The zero-order chi connectivity index (χ0) is 24.4. The molecule has 0 saturated heterocycles. The molecule has 1 aromatic carbocycles. The first-order valence-corrected chi connectivity index (χ1v) is 11.7. The third-order valence-corrected chi connectivity index (χ3v) is 6.24. The number of tetrazole rings is 1. The third-order valence-electron chi connectivity index (χ3n) is 5.97. The van der Waals surface area contributed by atoms with Gasteiger partial charge in [-0.25, -0.2) is 4.79 Å². The maximum atomic E-state index is 13.6. The summed E-state index contributed by atoms with van der Waals surface area (Å²) in [6, 6.07) is 9.87. The van der Waals surface area contributed by atoms with Gasteiger partial charge in [0, 0.05) is 36.9 Å². The number of nitrogens with zero attached hydrogens (tertiary/aromatic N) is 8. The second-order valence-electron chi connectivity index (χ2n) is 8.25. The quantitative estimate of drug-likeness (QED) is 0.356. The van der Waals surface area contributed by atoms with Crippen LogP contribution >= 0.6 is 11.6 Å². The van der Waals surface area contributed by atoms with Crippen molar-refractivity contribution in [2.75, 3.05) is 0 Å². The maximum Gasteiger partial charge on any atom is 0.334 e. The molecule has 0 unspecified atom stereocenters. The van der Waals surface area contributed by atoms with Crippen molar-refractivity contribution in [3.05, 3.63) is 81.9 Å². The molecule has 10 nitrogen and oxygen atoms in total. The van der Waals surface area contributed by atoms with E-state index in [0.717, 1.165) is 47.2 Å². The lowest BCUT2D eigenvalue weighted by molar-refractivity contribution is 0.664. The van der Waals surface area contributed by atoms with Crippen LogP contribution in [0.3, 0.4) is 0 Å². The van der Waals surface area contributed by atoms with Crippen LogP contribution in [0.15, 0.2) is 59.9 Å². The number of hydrogen-bond donors (Lipinski definition) is 1. The highest BCUT2D eigenvalue weighted by molar-refractivity contribution is 6.32. The van der Waals surface area contributed by atoms with Gasteiger partial charge < -0.3 is 0 Å². The average molecular weight is 490 g/mol. The van der Waals surface area contributed by atoms with Gasteiger partial charge in [-0.15, -0.1) is 10.2 Å².